The fourth-order valence-electron chi connectivity index (χ4n) is 1.74. The SMILES string of the molecule is COC(=O)c1ccc(Cl)cc1Nc1ccc(OC)cc1. The van der Waals surface area contributed by atoms with Gasteiger partial charge in [-0.2, -0.15) is 0 Å². The van der Waals surface area contributed by atoms with Gasteiger partial charge in [0.05, 0.1) is 25.5 Å². The van der Waals surface area contributed by atoms with E-state index in [2.05, 4.69) is 5.32 Å². The number of carbonyl (C=O) groups is 1. The number of hydrogen-bond acceptors (Lipinski definition) is 4. The van der Waals surface area contributed by atoms with Crippen LogP contribution in [0.4, 0.5) is 11.4 Å². The summed E-state index contributed by atoms with van der Waals surface area (Å²) >= 11 is 5.97. The smallest absolute Gasteiger partial charge is 0.339 e. The summed E-state index contributed by atoms with van der Waals surface area (Å²) < 4.78 is 9.84. The molecule has 0 saturated carbocycles. The van der Waals surface area contributed by atoms with E-state index in [1.54, 1.807) is 25.3 Å². The van der Waals surface area contributed by atoms with Crippen molar-refractivity contribution in [1.29, 1.82) is 0 Å². The Morgan fingerprint density at radius 3 is 2.40 bits per heavy atom. The molecule has 2 rings (SSSR count). The second-order valence-electron chi connectivity index (χ2n) is 4.03. The van der Waals surface area contributed by atoms with E-state index < -0.39 is 5.97 Å². The predicted octanol–water partition coefficient (Wildman–Crippen LogP) is 3.88. The third-order valence-electron chi connectivity index (χ3n) is 2.76. The van der Waals surface area contributed by atoms with Crippen molar-refractivity contribution < 1.29 is 14.3 Å². The first-order valence-corrected chi connectivity index (χ1v) is 6.31. The Balaban J connectivity index is 2.31. The van der Waals surface area contributed by atoms with Crippen molar-refractivity contribution in [2.45, 2.75) is 0 Å². The van der Waals surface area contributed by atoms with Crippen molar-refractivity contribution in [3.63, 3.8) is 0 Å². The summed E-state index contributed by atoms with van der Waals surface area (Å²) in [4.78, 5) is 11.7. The van der Waals surface area contributed by atoms with Gasteiger partial charge in [0.2, 0.25) is 0 Å². The van der Waals surface area contributed by atoms with Gasteiger partial charge in [-0.3, -0.25) is 0 Å². The summed E-state index contributed by atoms with van der Waals surface area (Å²) in [5.41, 5.74) is 1.83. The van der Waals surface area contributed by atoms with Crippen molar-refractivity contribution in [2.75, 3.05) is 19.5 Å². The molecule has 0 fully saturated rings. The Morgan fingerprint density at radius 1 is 1.10 bits per heavy atom. The summed E-state index contributed by atoms with van der Waals surface area (Å²) in [5, 5.41) is 3.67. The fourth-order valence-corrected chi connectivity index (χ4v) is 1.91. The van der Waals surface area contributed by atoms with Crippen LogP contribution in [-0.4, -0.2) is 20.2 Å². The van der Waals surface area contributed by atoms with Gasteiger partial charge in [-0.1, -0.05) is 11.6 Å². The number of benzene rings is 2. The number of hydrogen-bond donors (Lipinski definition) is 1. The molecule has 0 atom stereocenters. The Morgan fingerprint density at radius 2 is 1.80 bits per heavy atom. The van der Waals surface area contributed by atoms with Crippen LogP contribution < -0.4 is 10.1 Å². The molecule has 1 N–H and O–H groups in total. The number of methoxy groups -OCH3 is 2. The van der Waals surface area contributed by atoms with Gasteiger partial charge >= 0.3 is 5.97 Å². The lowest BCUT2D eigenvalue weighted by atomic mass is 10.1. The molecule has 0 radical (unpaired) electrons. The Bertz CT molecular complexity index is 611. The van der Waals surface area contributed by atoms with Crippen LogP contribution in [0.5, 0.6) is 5.75 Å². The number of halogens is 1. The average molecular weight is 292 g/mol. The highest BCUT2D eigenvalue weighted by molar-refractivity contribution is 6.31. The number of rotatable bonds is 4. The van der Waals surface area contributed by atoms with Gasteiger partial charge in [-0.15, -0.1) is 0 Å². The molecule has 0 aliphatic carbocycles. The van der Waals surface area contributed by atoms with Crippen molar-refractivity contribution in [3.8, 4) is 5.75 Å². The minimum absolute atomic E-state index is 0.419. The third kappa shape index (κ3) is 3.22. The quantitative estimate of drug-likeness (QED) is 0.869. The maximum absolute atomic E-state index is 11.7. The van der Waals surface area contributed by atoms with Crippen LogP contribution in [0.15, 0.2) is 42.5 Å². The van der Waals surface area contributed by atoms with Gasteiger partial charge in [0.1, 0.15) is 5.75 Å². The lowest BCUT2D eigenvalue weighted by Crippen LogP contribution is -2.05. The van der Waals surface area contributed by atoms with Crippen LogP contribution in [0.3, 0.4) is 0 Å². The number of esters is 1. The second kappa shape index (κ2) is 6.30. The highest BCUT2D eigenvalue weighted by Crippen LogP contribution is 2.26. The van der Waals surface area contributed by atoms with E-state index in [-0.39, 0.29) is 0 Å². The Labute approximate surface area is 122 Å². The summed E-state index contributed by atoms with van der Waals surface area (Å²) in [6.45, 7) is 0. The largest absolute Gasteiger partial charge is 0.497 e. The monoisotopic (exact) mass is 291 g/mol. The molecule has 20 heavy (non-hydrogen) atoms. The Hall–Kier alpha value is -2.20. The summed E-state index contributed by atoms with van der Waals surface area (Å²) in [6.07, 6.45) is 0. The van der Waals surface area contributed by atoms with E-state index in [9.17, 15) is 4.79 Å². The van der Waals surface area contributed by atoms with Gasteiger partial charge in [0.25, 0.3) is 0 Å². The molecule has 2 aromatic rings. The minimum atomic E-state index is -0.419. The molecule has 0 amide bonds. The molecule has 4 nitrogen and oxygen atoms in total. The average Bonchev–Trinajstić information content (AvgIpc) is 2.47. The van der Waals surface area contributed by atoms with Crippen LogP contribution in [0, 0.1) is 0 Å². The van der Waals surface area contributed by atoms with Gasteiger partial charge < -0.3 is 14.8 Å². The van der Waals surface area contributed by atoms with Crippen LogP contribution in [0.25, 0.3) is 0 Å². The summed E-state index contributed by atoms with van der Waals surface area (Å²) in [7, 11) is 2.95. The minimum Gasteiger partial charge on any atom is -0.497 e. The van der Waals surface area contributed by atoms with E-state index >= 15 is 0 Å². The lowest BCUT2D eigenvalue weighted by Gasteiger charge is -2.11. The molecule has 0 aliphatic rings. The van der Waals surface area contributed by atoms with Crippen LogP contribution in [0.2, 0.25) is 5.02 Å². The molecular formula is C15H14ClNO3. The van der Waals surface area contributed by atoms with Crippen LogP contribution >= 0.6 is 11.6 Å². The van der Waals surface area contributed by atoms with E-state index in [1.165, 1.54) is 7.11 Å². The van der Waals surface area contributed by atoms with Gasteiger partial charge in [-0.05, 0) is 42.5 Å². The van der Waals surface area contributed by atoms with Crippen LogP contribution in [0.1, 0.15) is 10.4 Å². The molecule has 0 aromatic heterocycles. The first kappa shape index (κ1) is 14.2. The number of carbonyl (C=O) groups excluding carboxylic acids is 1. The molecule has 0 heterocycles. The summed E-state index contributed by atoms with van der Waals surface area (Å²) in [5.74, 6) is 0.340. The summed E-state index contributed by atoms with van der Waals surface area (Å²) in [6, 6.07) is 12.3. The van der Waals surface area contributed by atoms with E-state index in [4.69, 9.17) is 21.1 Å². The zero-order chi connectivity index (χ0) is 14.5. The molecule has 0 spiro atoms. The van der Waals surface area contributed by atoms with E-state index in [0.29, 0.717) is 16.3 Å². The molecule has 2 aromatic carbocycles. The predicted molar refractivity (Wildman–Crippen MR) is 79.1 cm³/mol. The first-order chi connectivity index (χ1) is 9.63. The molecule has 0 bridgehead atoms. The topological polar surface area (TPSA) is 47.6 Å². The molecule has 0 unspecified atom stereocenters. The lowest BCUT2D eigenvalue weighted by molar-refractivity contribution is 0.0602. The second-order valence-corrected chi connectivity index (χ2v) is 4.47. The molecule has 0 saturated heterocycles. The van der Waals surface area contributed by atoms with Gasteiger partial charge in [0, 0.05) is 10.7 Å². The molecule has 0 aliphatic heterocycles. The Kier molecular flexibility index (Phi) is 4.48. The van der Waals surface area contributed by atoms with Crippen molar-refractivity contribution in [1.82, 2.24) is 0 Å². The van der Waals surface area contributed by atoms with Crippen molar-refractivity contribution in [3.05, 3.63) is 53.1 Å². The maximum Gasteiger partial charge on any atom is 0.339 e. The van der Waals surface area contributed by atoms with Gasteiger partial charge in [-0.25, -0.2) is 4.79 Å². The number of anilines is 2. The fraction of sp³-hybridized carbons (Fsp3) is 0.133. The standard InChI is InChI=1S/C15H14ClNO3/c1-19-12-6-4-11(5-7-12)17-14-9-10(16)3-8-13(14)15(18)20-2/h3-9,17H,1-2H3. The third-order valence-corrected chi connectivity index (χ3v) is 2.99. The zero-order valence-electron chi connectivity index (χ0n) is 11.1. The molecule has 104 valence electrons. The number of nitrogens with one attached hydrogen (secondary N) is 1. The molecular weight excluding hydrogens is 278 g/mol. The maximum atomic E-state index is 11.7. The van der Waals surface area contributed by atoms with Gasteiger partial charge in [0.15, 0.2) is 0 Å². The zero-order valence-corrected chi connectivity index (χ0v) is 11.9. The van der Waals surface area contributed by atoms with E-state index in [1.807, 2.05) is 24.3 Å². The normalized spacial score (nSPS) is 9.95. The van der Waals surface area contributed by atoms with E-state index in [0.717, 1.165) is 11.4 Å². The van der Waals surface area contributed by atoms with Crippen molar-refractivity contribution in [2.24, 2.45) is 0 Å². The van der Waals surface area contributed by atoms with Crippen LogP contribution in [-0.2, 0) is 4.74 Å². The highest BCUT2D eigenvalue weighted by Gasteiger charge is 2.12. The highest BCUT2D eigenvalue weighted by atomic mass is 35.5. The van der Waals surface area contributed by atoms with Crippen molar-refractivity contribution >= 4 is 28.9 Å². The molecule has 5 heteroatoms. The number of ether oxygens (including phenoxy) is 2. The first-order valence-electron chi connectivity index (χ1n) is 5.93.